The quantitative estimate of drug-likeness (QED) is 0.762. The van der Waals surface area contributed by atoms with E-state index in [9.17, 15) is 5.11 Å². The Morgan fingerprint density at radius 1 is 0.773 bits per heavy atom. The van der Waals surface area contributed by atoms with Crippen molar-refractivity contribution in [2.24, 2.45) is 0 Å². The lowest BCUT2D eigenvalue weighted by atomic mass is 10.0. The van der Waals surface area contributed by atoms with Gasteiger partial charge in [-0.05, 0) is 24.3 Å². The van der Waals surface area contributed by atoms with Gasteiger partial charge in [-0.3, -0.25) is 4.98 Å². The van der Waals surface area contributed by atoms with Crippen LogP contribution in [0, 0.1) is 0 Å². The zero-order chi connectivity index (χ0) is 15.5. The summed E-state index contributed by atoms with van der Waals surface area (Å²) in [6.07, 6.45) is 1.57. The predicted molar refractivity (Wildman–Crippen MR) is 88.8 cm³/mol. The van der Waals surface area contributed by atoms with Crippen molar-refractivity contribution in [3.63, 3.8) is 0 Å². The van der Waals surface area contributed by atoms with Crippen LogP contribution in [0.3, 0.4) is 0 Å². The summed E-state index contributed by atoms with van der Waals surface area (Å²) in [5.41, 5.74) is 3.74. The highest BCUT2D eigenvalue weighted by molar-refractivity contribution is 6.31. The van der Waals surface area contributed by atoms with Crippen LogP contribution in [0.4, 0.5) is 0 Å². The zero-order valence-corrected chi connectivity index (χ0v) is 13.0. The van der Waals surface area contributed by atoms with Gasteiger partial charge in [0.1, 0.15) is 0 Å². The van der Waals surface area contributed by atoms with Gasteiger partial charge >= 0.3 is 0 Å². The Labute approximate surface area is 138 Å². The molecule has 5 heteroatoms. The fourth-order valence-electron chi connectivity index (χ4n) is 2.13. The SMILES string of the molecule is OCc1cnc(-c2ccc(Cl)cc2)c(-c2ccc(Cl)cc2)n1. The lowest BCUT2D eigenvalue weighted by molar-refractivity contribution is 0.276. The predicted octanol–water partition coefficient (Wildman–Crippen LogP) is 4.61. The Hall–Kier alpha value is -1.94. The summed E-state index contributed by atoms with van der Waals surface area (Å²) in [6, 6.07) is 14.8. The van der Waals surface area contributed by atoms with Gasteiger partial charge < -0.3 is 5.11 Å². The van der Waals surface area contributed by atoms with Crippen molar-refractivity contribution in [1.82, 2.24) is 9.97 Å². The lowest BCUT2D eigenvalue weighted by Gasteiger charge is -2.10. The summed E-state index contributed by atoms with van der Waals surface area (Å²) in [6.45, 7) is -0.158. The number of rotatable bonds is 3. The van der Waals surface area contributed by atoms with E-state index in [0.29, 0.717) is 21.4 Å². The van der Waals surface area contributed by atoms with Gasteiger partial charge in [-0.15, -0.1) is 0 Å². The van der Waals surface area contributed by atoms with Gasteiger partial charge in [0.15, 0.2) is 0 Å². The van der Waals surface area contributed by atoms with E-state index in [1.54, 1.807) is 18.3 Å². The van der Waals surface area contributed by atoms with Crippen LogP contribution in [0.2, 0.25) is 10.0 Å². The molecule has 0 bridgehead atoms. The second-order valence-corrected chi connectivity index (χ2v) is 5.60. The number of halogens is 2. The summed E-state index contributed by atoms with van der Waals surface area (Å²) >= 11 is 11.9. The highest BCUT2D eigenvalue weighted by Gasteiger charge is 2.12. The van der Waals surface area contributed by atoms with Gasteiger partial charge in [0.05, 0.1) is 29.9 Å². The van der Waals surface area contributed by atoms with E-state index in [1.165, 1.54) is 0 Å². The topological polar surface area (TPSA) is 46.0 Å². The monoisotopic (exact) mass is 330 g/mol. The second-order valence-electron chi connectivity index (χ2n) is 4.73. The second kappa shape index (κ2) is 6.44. The Morgan fingerprint density at radius 2 is 1.27 bits per heavy atom. The van der Waals surface area contributed by atoms with Gasteiger partial charge in [-0.2, -0.15) is 0 Å². The smallest absolute Gasteiger partial charge is 0.0969 e. The Bertz CT molecular complexity index is 787. The zero-order valence-electron chi connectivity index (χ0n) is 11.5. The van der Waals surface area contributed by atoms with Gasteiger partial charge in [-0.1, -0.05) is 47.5 Å². The average Bonchev–Trinajstić information content (AvgIpc) is 2.56. The summed E-state index contributed by atoms with van der Waals surface area (Å²) in [5, 5.41) is 10.6. The first kappa shape index (κ1) is 15.0. The van der Waals surface area contributed by atoms with Crippen LogP contribution in [0.25, 0.3) is 22.5 Å². The minimum Gasteiger partial charge on any atom is -0.390 e. The van der Waals surface area contributed by atoms with Crippen molar-refractivity contribution in [3.05, 3.63) is 70.5 Å². The average molecular weight is 331 g/mol. The summed E-state index contributed by atoms with van der Waals surface area (Å²) in [4.78, 5) is 8.95. The van der Waals surface area contributed by atoms with Crippen molar-refractivity contribution >= 4 is 23.2 Å². The summed E-state index contributed by atoms with van der Waals surface area (Å²) in [7, 11) is 0. The molecule has 3 nitrogen and oxygen atoms in total. The Balaban J connectivity index is 2.17. The maximum absolute atomic E-state index is 9.31. The van der Waals surface area contributed by atoms with Gasteiger partial charge in [-0.25, -0.2) is 4.98 Å². The van der Waals surface area contributed by atoms with Crippen molar-refractivity contribution in [2.75, 3.05) is 0 Å². The number of aromatic nitrogens is 2. The first-order valence-electron chi connectivity index (χ1n) is 6.66. The molecule has 0 atom stereocenters. The summed E-state index contributed by atoms with van der Waals surface area (Å²) < 4.78 is 0. The highest BCUT2D eigenvalue weighted by atomic mass is 35.5. The van der Waals surface area contributed by atoms with Crippen molar-refractivity contribution in [1.29, 1.82) is 0 Å². The molecule has 1 aromatic heterocycles. The van der Waals surface area contributed by atoms with E-state index in [2.05, 4.69) is 9.97 Å². The third kappa shape index (κ3) is 3.12. The molecular formula is C17H12Cl2N2O. The molecule has 0 aliphatic heterocycles. The molecule has 1 heterocycles. The molecule has 2 aromatic carbocycles. The molecule has 3 aromatic rings. The number of aliphatic hydroxyl groups is 1. The van der Waals surface area contributed by atoms with Crippen molar-refractivity contribution < 1.29 is 5.11 Å². The van der Waals surface area contributed by atoms with Crippen LogP contribution in [0.1, 0.15) is 5.69 Å². The maximum atomic E-state index is 9.31. The van der Waals surface area contributed by atoms with Crippen LogP contribution in [-0.2, 0) is 6.61 Å². The largest absolute Gasteiger partial charge is 0.390 e. The van der Waals surface area contributed by atoms with Gasteiger partial charge in [0.25, 0.3) is 0 Å². The number of benzene rings is 2. The third-order valence-corrected chi connectivity index (χ3v) is 3.72. The Morgan fingerprint density at radius 3 is 1.77 bits per heavy atom. The fraction of sp³-hybridized carbons (Fsp3) is 0.0588. The number of nitrogens with zero attached hydrogens (tertiary/aromatic N) is 2. The van der Waals surface area contributed by atoms with Crippen LogP contribution < -0.4 is 0 Å². The molecule has 0 aliphatic rings. The molecular weight excluding hydrogens is 319 g/mol. The number of hydrogen-bond acceptors (Lipinski definition) is 3. The van der Waals surface area contributed by atoms with E-state index in [-0.39, 0.29) is 6.61 Å². The molecule has 0 aliphatic carbocycles. The molecule has 0 spiro atoms. The van der Waals surface area contributed by atoms with E-state index >= 15 is 0 Å². The normalized spacial score (nSPS) is 10.7. The van der Waals surface area contributed by atoms with Gasteiger partial charge in [0.2, 0.25) is 0 Å². The van der Waals surface area contributed by atoms with Crippen LogP contribution in [-0.4, -0.2) is 15.1 Å². The minimum absolute atomic E-state index is 0.158. The van der Waals surface area contributed by atoms with E-state index in [1.807, 2.05) is 36.4 Å². The van der Waals surface area contributed by atoms with E-state index < -0.39 is 0 Å². The number of aliphatic hydroxyl groups excluding tert-OH is 1. The molecule has 0 fully saturated rings. The molecule has 22 heavy (non-hydrogen) atoms. The molecule has 110 valence electrons. The molecule has 1 N–H and O–H groups in total. The molecule has 0 saturated carbocycles. The first-order chi connectivity index (χ1) is 10.7. The van der Waals surface area contributed by atoms with Crippen molar-refractivity contribution in [3.8, 4) is 22.5 Å². The Kier molecular flexibility index (Phi) is 4.39. The van der Waals surface area contributed by atoms with Crippen LogP contribution in [0.15, 0.2) is 54.7 Å². The summed E-state index contributed by atoms with van der Waals surface area (Å²) in [5.74, 6) is 0. The highest BCUT2D eigenvalue weighted by Crippen LogP contribution is 2.30. The maximum Gasteiger partial charge on any atom is 0.0969 e. The van der Waals surface area contributed by atoms with Crippen LogP contribution >= 0.6 is 23.2 Å². The molecule has 0 amide bonds. The fourth-order valence-corrected chi connectivity index (χ4v) is 2.38. The van der Waals surface area contributed by atoms with E-state index in [4.69, 9.17) is 23.2 Å². The lowest BCUT2D eigenvalue weighted by Crippen LogP contribution is -1.98. The molecule has 0 radical (unpaired) electrons. The first-order valence-corrected chi connectivity index (χ1v) is 7.41. The standard InChI is InChI=1S/C17H12Cl2N2O/c18-13-5-1-11(2-6-13)16-17(21-15(10-22)9-20-16)12-3-7-14(19)8-4-12/h1-9,22H,10H2. The van der Waals surface area contributed by atoms with Crippen LogP contribution in [0.5, 0.6) is 0 Å². The third-order valence-electron chi connectivity index (χ3n) is 3.22. The number of hydrogen-bond donors (Lipinski definition) is 1. The molecule has 0 unspecified atom stereocenters. The van der Waals surface area contributed by atoms with E-state index in [0.717, 1.165) is 16.8 Å². The molecule has 3 rings (SSSR count). The van der Waals surface area contributed by atoms with Crippen molar-refractivity contribution in [2.45, 2.75) is 6.61 Å². The van der Waals surface area contributed by atoms with Gasteiger partial charge in [0, 0.05) is 21.2 Å². The minimum atomic E-state index is -0.158. The molecule has 0 saturated heterocycles.